The van der Waals surface area contributed by atoms with Crippen molar-refractivity contribution in [1.82, 2.24) is 4.98 Å². The minimum absolute atomic E-state index is 0.282. The molecular formula is C17H14N2O5. The van der Waals surface area contributed by atoms with Gasteiger partial charge in [0.1, 0.15) is 0 Å². The van der Waals surface area contributed by atoms with Gasteiger partial charge in [-0.3, -0.25) is 9.78 Å². The summed E-state index contributed by atoms with van der Waals surface area (Å²) >= 11 is 0. The average Bonchev–Trinajstić information content (AvgIpc) is 2.79. The molecule has 24 heavy (non-hydrogen) atoms. The van der Waals surface area contributed by atoms with E-state index >= 15 is 0 Å². The van der Waals surface area contributed by atoms with E-state index in [1.807, 2.05) is 0 Å². The molecular weight excluding hydrogens is 312 g/mol. The van der Waals surface area contributed by atoms with Gasteiger partial charge >= 0.3 is 5.76 Å². The Morgan fingerprint density at radius 3 is 2.75 bits per heavy atom. The number of anilines is 1. The molecule has 0 bridgehead atoms. The molecule has 4 rings (SSSR count). The maximum Gasteiger partial charge on any atom is 0.417 e. The van der Waals surface area contributed by atoms with Gasteiger partial charge in [-0.05, 0) is 36.4 Å². The number of oxazole rings is 1. The van der Waals surface area contributed by atoms with Gasteiger partial charge in [0, 0.05) is 17.7 Å². The second kappa shape index (κ2) is 5.77. The van der Waals surface area contributed by atoms with Crippen LogP contribution in [0.15, 0.2) is 45.6 Å². The number of carbonyl (C=O) groups is 1. The van der Waals surface area contributed by atoms with E-state index in [0.717, 1.165) is 6.42 Å². The first-order chi connectivity index (χ1) is 11.7. The largest absolute Gasteiger partial charge is 0.490 e. The molecule has 0 unspecified atom stereocenters. The Bertz CT molecular complexity index is 973. The first-order valence-electron chi connectivity index (χ1n) is 7.53. The summed E-state index contributed by atoms with van der Waals surface area (Å²) in [4.78, 5) is 26.1. The lowest BCUT2D eigenvalue weighted by Crippen LogP contribution is -2.12. The van der Waals surface area contributed by atoms with Gasteiger partial charge in [0.15, 0.2) is 17.1 Å². The molecule has 0 spiro atoms. The van der Waals surface area contributed by atoms with Gasteiger partial charge in [-0.1, -0.05) is 0 Å². The van der Waals surface area contributed by atoms with Crippen molar-refractivity contribution < 1.29 is 18.7 Å². The van der Waals surface area contributed by atoms with Crippen molar-refractivity contribution in [1.29, 1.82) is 0 Å². The fourth-order valence-electron chi connectivity index (χ4n) is 2.54. The van der Waals surface area contributed by atoms with Crippen molar-refractivity contribution in [2.45, 2.75) is 6.42 Å². The molecule has 0 saturated carbocycles. The van der Waals surface area contributed by atoms with Gasteiger partial charge < -0.3 is 19.2 Å². The number of aromatic amines is 1. The maximum absolute atomic E-state index is 12.4. The molecule has 1 aliphatic rings. The molecule has 1 amide bonds. The van der Waals surface area contributed by atoms with Gasteiger partial charge in [0.05, 0.1) is 18.7 Å². The standard InChI is InChI=1S/C17H14N2O5/c20-16(10-2-4-14-15(8-10)23-7-1-6-22-14)18-11-3-5-13-12(9-11)19-17(21)24-13/h2-5,8-9H,1,6-7H2,(H,18,20)(H,19,21). The van der Waals surface area contributed by atoms with Crippen LogP contribution in [0.2, 0.25) is 0 Å². The zero-order chi connectivity index (χ0) is 16.5. The number of rotatable bonds is 2. The lowest BCUT2D eigenvalue weighted by atomic mass is 10.2. The molecule has 122 valence electrons. The van der Waals surface area contributed by atoms with Gasteiger partial charge in [-0.15, -0.1) is 0 Å². The monoisotopic (exact) mass is 326 g/mol. The number of fused-ring (bicyclic) bond motifs is 2. The number of hydrogen-bond donors (Lipinski definition) is 2. The molecule has 2 N–H and O–H groups in total. The summed E-state index contributed by atoms with van der Waals surface area (Å²) in [5.41, 5.74) is 1.97. The summed E-state index contributed by atoms with van der Waals surface area (Å²) in [7, 11) is 0. The number of carbonyl (C=O) groups excluding carboxylic acids is 1. The SMILES string of the molecule is O=C(Nc1ccc2oc(=O)[nH]c2c1)c1ccc2c(c1)OCCCO2. The van der Waals surface area contributed by atoms with Crippen molar-refractivity contribution >= 4 is 22.7 Å². The Kier molecular flexibility index (Phi) is 3.45. The molecule has 0 fully saturated rings. The predicted molar refractivity (Wildman–Crippen MR) is 86.8 cm³/mol. The molecule has 0 saturated heterocycles. The van der Waals surface area contributed by atoms with Crippen LogP contribution in [0.5, 0.6) is 11.5 Å². The van der Waals surface area contributed by atoms with E-state index in [4.69, 9.17) is 13.9 Å². The quantitative estimate of drug-likeness (QED) is 0.755. The van der Waals surface area contributed by atoms with Crippen LogP contribution in [0.1, 0.15) is 16.8 Å². The zero-order valence-electron chi connectivity index (χ0n) is 12.6. The van der Waals surface area contributed by atoms with Crippen molar-refractivity contribution in [3.8, 4) is 11.5 Å². The number of amides is 1. The van der Waals surface area contributed by atoms with Gasteiger partial charge in [-0.25, -0.2) is 4.79 Å². The number of nitrogens with one attached hydrogen (secondary N) is 2. The van der Waals surface area contributed by atoms with E-state index in [-0.39, 0.29) is 5.91 Å². The van der Waals surface area contributed by atoms with Crippen molar-refractivity contribution in [2.75, 3.05) is 18.5 Å². The average molecular weight is 326 g/mol. The Hall–Kier alpha value is -3.22. The highest BCUT2D eigenvalue weighted by molar-refractivity contribution is 6.05. The summed E-state index contributed by atoms with van der Waals surface area (Å²) < 4.78 is 16.1. The highest BCUT2D eigenvalue weighted by Gasteiger charge is 2.14. The van der Waals surface area contributed by atoms with Crippen LogP contribution in [0.3, 0.4) is 0 Å². The van der Waals surface area contributed by atoms with E-state index in [1.54, 1.807) is 36.4 Å². The fraction of sp³-hybridized carbons (Fsp3) is 0.176. The minimum Gasteiger partial charge on any atom is -0.490 e. The topological polar surface area (TPSA) is 93.6 Å². The number of ether oxygens (including phenoxy) is 2. The van der Waals surface area contributed by atoms with E-state index < -0.39 is 5.76 Å². The number of aromatic nitrogens is 1. The normalized spacial score (nSPS) is 13.5. The smallest absolute Gasteiger partial charge is 0.417 e. The first-order valence-corrected chi connectivity index (χ1v) is 7.53. The molecule has 2 heterocycles. The number of benzene rings is 2. The van der Waals surface area contributed by atoms with Crippen LogP contribution in [0, 0.1) is 0 Å². The minimum atomic E-state index is -0.531. The molecule has 1 aliphatic heterocycles. The third-order valence-corrected chi connectivity index (χ3v) is 3.69. The van der Waals surface area contributed by atoms with Crippen LogP contribution >= 0.6 is 0 Å². The van der Waals surface area contributed by atoms with E-state index in [2.05, 4.69) is 10.3 Å². The molecule has 0 radical (unpaired) electrons. The van der Waals surface area contributed by atoms with Crippen LogP contribution < -0.4 is 20.5 Å². The molecule has 7 nitrogen and oxygen atoms in total. The fourth-order valence-corrected chi connectivity index (χ4v) is 2.54. The van der Waals surface area contributed by atoms with Gasteiger partial charge in [-0.2, -0.15) is 0 Å². The molecule has 7 heteroatoms. The molecule has 2 aromatic carbocycles. The van der Waals surface area contributed by atoms with Gasteiger partial charge in [0.25, 0.3) is 5.91 Å². The van der Waals surface area contributed by atoms with E-state index in [1.165, 1.54) is 0 Å². The molecule has 3 aromatic rings. The lowest BCUT2D eigenvalue weighted by molar-refractivity contribution is 0.102. The van der Waals surface area contributed by atoms with Crippen molar-refractivity contribution in [2.24, 2.45) is 0 Å². The summed E-state index contributed by atoms with van der Waals surface area (Å²) in [5.74, 6) is 0.392. The Labute approximate surface area is 136 Å². The van der Waals surface area contributed by atoms with Gasteiger partial charge in [0.2, 0.25) is 0 Å². The lowest BCUT2D eigenvalue weighted by Gasteiger charge is -2.10. The number of hydrogen-bond acceptors (Lipinski definition) is 5. The van der Waals surface area contributed by atoms with Crippen molar-refractivity contribution in [3.63, 3.8) is 0 Å². The second-order valence-corrected chi connectivity index (χ2v) is 5.39. The molecule has 0 aliphatic carbocycles. The highest BCUT2D eigenvalue weighted by atomic mass is 16.5. The summed E-state index contributed by atoms with van der Waals surface area (Å²) in [6.07, 6.45) is 0.805. The highest BCUT2D eigenvalue weighted by Crippen LogP contribution is 2.30. The summed E-state index contributed by atoms with van der Waals surface area (Å²) in [5, 5.41) is 2.78. The van der Waals surface area contributed by atoms with Crippen molar-refractivity contribution in [3.05, 3.63) is 52.5 Å². The Balaban J connectivity index is 1.58. The summed E-state index contributed by atoms with van der Waals surface area (Å²) in [6.45, 7) is 1.16. The third kappa shape index (κ3) is 2.71. The zero-order valence-corrected chi connectivity index (χ0v) is 12.6. The Morgan fingerprint density at radius 1 is 1.04 bits per heavy atom. The molecule has 1 aromatic heterocycles. The second-order valence-electron chi connectivity index (χ2n) is 5.39. The maximum atomic E-state index is 12.4. The van der Waals surface area contributed by atoms with E-state index in [9.17, 15) is 9.59 Å². The Morgan fingerprint density at radius 2 is 1.88 bits per heavy atom. The molecule has 0 atom stereocenters. The van der Waals surface area contributed by atoms with E-state index in [0.29, 0.717) is 47.1 Å². The van der Waals surface area contributed by atoms with Crippen LogP contribution in [0.25, 0.3) is 11.1 Å². The number of H-pyrrole nitrogens is 1. The summed E-state index contributed by atoms with van der Waals surface area (Å²) in [6, 6.07) is 10.00. The third-order valence-electron chi connectivity index (χ3n) is 3.69. The first kappa shape index (κ1) is 14.4. The van der Waals surface area contributed by atoms with Crippen LogP contribution in [-0.4, -0.2) is 24.1 Å². The van der Waals surface area contributed by atoms with Crippen LogP contribution in [0.4, 0.5) is 5.69 Å². The predicted octanol–water partition coefficient (Wildman–Crippen LogP) is 2.53. The van der Waals surface area contributed by atoms with Crippen LogP contribution in [-0.2, 0) is 0 Å².